The van der Waals surface area contributed by atoms with Crippen LogP contribution in [0.3, 0.4) is 0 Å². The molecule has 4 rings (SSSR count). The lowest BCUT2D eigenvalue weighted by atomic mass is 10.00. The first kappa shape index (κ1) is 11.6. The van der Waals surface area contributed by atoms with Crippen molar-refractivity contribution in [2.24, 2.45) is 0 Å². The van der Waals surface area contributed by atoms with Crippen LogP contribution in [-0.4, -0.2) is 17.7 Å². The van der Waals surface area contributed by atoms with Gasteiger partial charge in [0.25, 0.3) is 0 Å². The van der Waals surface area contributed by atoms with Gasteiger partial charge in [-0.1, -0.05) is 0 Å². The van der Waals surface area contributed by atoms with Crippen LogP contribution in [0.5, 0.6) is 11.6 Å². The van der Waals surface area contributed by atoms with E-state index < -0.39 is 0 Å². The van der Waals surface area contributed by atoms with Crippen LogP contribution < -0.4 is 15.2 Å². The molecule has 2 aromatic rings. The number of anilines is 1. The van der Waals surface area contributed by atoms with Crippen LogP contribution in [0.25, 0.3) is 11.1 Å². The van der Waals surface area contributed by atoms with Gasteiger partial charge in [0.05, 0.1) is 6.61 Å². The van der Waals surface area contributed by atoms with Crippen LogP contribution in [0.15, 0.2) is 30.5 Å². The van der Waals surface area contributed by atoms with Gasteiger partial charge in [-0.05, 0) is 36.6 Å². The number of nitrogen functional groups attached to an aromatic ring is 1. The third-order valence-corrected chi connectivity index (χ3v) is 3.78. The van der Waals surface area contributed by atoms with Gasteiger partial charge in [-0.3, -0.25) is 0 Å². The summed E-state index contributed by atoms with van der Waals surface area (Å²) < 4.78 is 11.3. The van der Waals surface area contributed by atoms with Gasteiger partial charge in [0.2, 0.25) is 5.88 Å². The fourth-order valence-electron chi connectivity index (χ4n) is 2.55. The number of nitrogens with two attached hydrogens (primary N) is 1. The first-order chi connectivity index (χ1) is 9.81. The van der Waals surface area contributed by atoms with E-state index in [2.05, 4.69) is 4.98 Å². The molecular formula is C16H16N2O2. The van der Waals surface area contributed by atoms with Gasteiger partial charge in [0, 0.05) is 35.5 Å². The number of rotatable bonds is 3. The number of hydrogen-bond donors (Lipinski definition) is 1. The van der Waals surface area contributed by atoms with E-state index in [1.54, 1.807) is 6.20 Å². The van der Waals surface area contributed by atoms with Gasteiger partial charge in [-0.2, -0.15) is 0 Å². The summed E-state index contributed by atoms with van der Waals surface area (Å²) in [5.74, 6) is 1.59. The normalized spacial score (nSPS) is 16.6. The summed E-state index contributed by atoms with van der Waals surface area (Å²) in [4.78, 5) is 4.26. The molecule has 4 heteroatoms. The molecule has 0 amide bonds. The number of benzene rings is 1. The molecule has 0 atom stereocenters. The zero-order valence-electron chi connectivity index (χ0n) is 11.1. The quantitative estimate of drug-likeness (QED) is 0.870. The zero-order valence-corrected chi connectivity index (χ0v) is 11.1. The average Bonchev–Trinajstić information content (AvgIpc) is 3.13. The number of aromatic nitrogens is 1. The Labute approximate surface area is 117 Å². The van der Waals surface area contributed by atoms with E-state index in [0.29, 0.717) is 12.0 Å². The summed E-state index contributed by atoms with van der Waals surface area (Å²) in [5, 5.41) is 0. The van der Waals surface area contributed by atoms with Gasteiger partial charge < -0.3 is 15.2 Å². The average molecular weight is 268 g/mol. The fraction of sp³-hybridized carbons (Fsp3) is 0.312. The van der Waals surface area contributed by atoms with Crippen molar-refractivity contribution in [1.82, 2.24) is 4.98 Å². The molecule has 0 spiro atoms. The molecule has 102 valence electrons. The minimum absolute atomic E-state index is 0.350. The SMILES string of the molecule is Nc1c(-c2ccnc(OC3CC3)c2)ccc2c1CCO2. The molecule has 0 unspecified atom stereocenters. The first-order valence-electron chi connectivity index (χ1n) is 6.98. The molecule has 2 heterocycles. The molecule has 0 saturated heterocycles. The van der Waals surface area contributed by atoms with Crippen molar-refractivity contribution in [2.45, 2.75) is 25.4 Å². The number of nitrogens with zero attached hydrogens (tertiary/aromatic N) is 1. The van der Waals surface area contributed by atoms with Crippen molar-refractivity contribution < 1.29 is 9.47 Å². The lowest BCUT2D eigenvalue weighted by molar-refractivity contribution is 0.291. The number of hydrogen-bond acceptors (Lipinski definition) is 4. The molecule has 0 radical (unpaired) electrons. The number of ether oxygens (including phenoxy) is 2. The van der Waals surface area contributed by atoms with E-state index >= 15 is 0 Å². The van der Waals surface area contributed by atoms with Gasteiger partial charge in [-0.15, -0.1) is 0 Å². The molecule has 1 aromatic carbocycles. The first-order valence-corrected chi connectivity index (χ1v) is 6.98. The molecule has 1 aliphatic carbocycles. The summed E-state index contributed by atoms with van der Waals surface area (Å²) in [7, 11) is 0. The van der Waals surface area contributed by atoms with Gasteiger partial charge >= 0.3 is 0 Å². The van der Waals surface area contributed by atoms with Crippen LogP contribution in [0, 0.1) is 0 Å². The van der Waals surface area contributed by atoms with E-state index in [9.17, 15) is 0 Å². The van der Waals surface area contributed by atoms with Gasteiger partial charge in [-0.25, -0.2) is 4.98 Å². The zero-order chi connectivity index (χ0) is 13.5. The second-order valence-corrected chi connectivity index (χ2v) is 5.30. The minimum atomic E-state index is 0.350. The van der Waals surface area contributed by atoms with E-state index in [4.69, 9.17) is 15.2 Å². The lowest BCUT2D eigenvalue weighted by Gasteiger charge is -2.11. The predicted molar refractivity (Wildman–Crippen MR) is 76.9 cm³/mol. The molecule has 0 bridgehead atoms. The van der Waals surface area contributed by atoms with E-state index in [1.807, 2.05) is 24.3 Å². The molecule has 1 saturated carbocycles. The van der Waals surface area contributed by atoms with Crippen LogP contribution in [-0.2, 0) is 6.42 Å². The van der Waals surface area contributed by atoms with E-state index in [0.717, 1.165) is 54.0 Å². The highest BCUT2D eigenvalue weighted by Gasteiger charge is 2.24. The summed E-state index contributed by atoms with van der Waals surface area (Å²) in [6, 6.07) is 7.94. The summed E-state index contributed by atoms with van der Waals surface area (Å²) in [6.07, 6.45) is 5.26. The van der Waals surface area contributed by atoms with Crippen LogP contribution in [0.4, 0.5) is 5.69 Å². The highest BCUT2D eigenvalue weighted by molar-refractivity contribution is 5.81. The van der Waals surface area contributed by atoms with Crippen molar-refractivity contribution in [3.63, 3.8) is 0 Å². The van der Waals surface area contributed by atoms with Crippen LogP contribution in [0.2, 0.25) is 0 Å². The maximum atomic E-state index is 6.29. The van der Waals surface area contributed by atoms with E-state index in [1.165, 1.54) is 0 Å². The van der Waals surface area contributed by atoms with Crippen molar-refractivity contribution in [3.8, 4) is 22.8 Å². The molecule has 4 nitrogen and oxygen atoms in total. The summed E-state index contributed by atoms with van der Waals surface area (Å²) in [6.45, 7) is 0.718. The Morgan fingerprint density at radius 1 is 1.25 bits per heavy atom. The Bertz CT molecular complexity index is 666. The van der Waals surface area contributed by atoms with Crippen LogP contribution in [0.1, 0.15) is 18.4 Å². The van der Waals surface area contributed by atoms with Crippen LogP contribution >= 0.6 is 0 Å². The Kier molecular flexibility index (Phi) is 2.55. The Morgan fingerprint density at radius 3 is 3.00 bits per heavy atom. The highest BCUT2D eigenvalue weighted by atomic mass is 16.5. The maximum absolute atomic E-state index is 6.29. The largest absolute Gasteiger partial charge is 0.493 e. The lowest BCUT2D eigenvalue weighted by Crippen LogP contribution is -1.99. The summed E-state index contributed by atoms with van der Waals surface area (Å²) >= 11 is 0. The molecule has 20 heavy (non-hydrogen) atoms. The van der Waals surface area contributed by atoms with Gasteiger partial charge in [0.15, 0.2) is 0 Å². The molecule has 2 aliphatic rings. The minimum Gasteiger partial charge on any atom is -0.493 e. The fourth-order valence-corrected chi connectivity index (χ4v) is 2.55. The second-order valence-electron chi connectivity index (χ2n) is 5.30. The van der Waals surface area contributed by atoms with Gasteiger partial charge in [0.1, 0.15) is 11.9 Å². The molecule has 2 N–H and O–H groups in total. The Morgan fingerprint density at radius 2 is 2.15 bits per heavy atom. The standard InChI is InChI=1S/C16H16N2O2/c17-16-12(3-4-14-13(16)6-8-19-14)10-5-7-18-15(9-10)20-11-1-2-11/h3-5,7,9,11H,1-2,6,8,17H2. The second kappa shape index (κ2) is 4.40. The topological polar surface area (TPSA) is 57.4 Å². The van der Waals surface area contributed by atoms with Crippen molar-refractivity contribution in [1.29, 1.82) is 0 Å². The Balaban J connectivity index is 1.73. The van der Waals surface area contributed by atoms with Crippen molar-refractivity contribution >= 4 is 5.69 Å². The molecule has 1 aromatic heterocycles. The molecule has 1 fully saturated rings. The smallest absolute Gasteiger partial charge is 0.214 e. The number of pyridine rings is 1. The molecule has 1 aliphatic heterocycles. The monoisotopic (exact) mass is 268 g/mol. The van der Waals surface area contributed by atoms with Crippen molar-refractivity contribution in [3.05, 3.63) is 36.0 Å². The Hall–Kier alpha value is -2.23. The summed E-state index contributed by atoms with van der Waals surface area (Å²) in [5.41, 5.74) is 10.3. The number of fused-ring (bicyclic) bond motifs is 1. The maximum Gasteiger partial charge on any atom is 0.214 e. The predicted octanol–water partition coefficient (Wildman–Crippen LogP) is 2.81. The highest BCUT2D eigenvalue weighted by Crippen LogP contribution is 2.38. The van der Waals surface area contributed by atoms with E-state index in [-0.39, 0.29) is 0 Å². The molecular weight excluding hydrogens is 252 g/mol. The third kappa shape index (κ3) is 1.97. The van der Waals surface area contributed by atoms with Crippen molar-refractivity contribution in [2.75, 3.05) is 12.3 Å². The third-order valence-electron chi connectivity index (χ3n) is 3.78.